The molecule has 22 heavy (non-hydrogen) atoms. The molecule has 1 rings (SSSR count). The first-order valence-electron chi connectivity index (χ1n) is 6.74. The highest BCUT2D eigenvalue weighted by Gasteiger charge is 2.20. The number of ether oxygens (including phenoxy) is 2. The fourth-order valence-electron chi connectivity index (χ4n) is 1.91. The van der Waals surface area contributed by atoms with Crippen molar-refractivity contribution in [3.63, 3.8) is 0 Å². The van der Waals surface area contributed by atoms with Crippen LogP contribution in [-0.4, -0.2) is 38.7 Å². The number of nitrogens with two attached hydrogens (primary N) is 1. The second-order valence-corrected chi connectivity index (χ2v) is 4.61. The number of esters is 1. The Morgan fingerprint density at radius 3 is 2.32 bits per heavy atom. The van der Waals surface area contributed by atoms with Crippen LogP contribution in [0.4, 0.5) is 0 Å². The van der Waals surface area contributed by atoms with Gasteiger partial charge in [0.1, 0.15) is 0 Å². The van der Waals surface area contributed by atoms with Gasteiger partial charge >= 0.3 is 5.97 Å². The summed E-state index contributed by atoms with van der Waals surface area (Å²) in [6.07, 6.45) is -0.108. The third-order valence-corrected chi connectivity index (χ3v) is 3.14. The average molecular weight is 331 g/mol. The van der Waals surface area contributed by atoms with Crippen molar-refractivity contribution in [2.75, 3.05) is 20.8 Å². The van der Waals surface area contributed by atoms with Crippen LogP contribution in [0.5, 0.6) is 0 Å². The lowest BCUT2D eigenvalue weighted by Gasteiger charge is -2.20. The highest BCUT2D eigenvalue weighted by molar-refractivity contribution is 5.85. The quantitative estimate of drug-likeness (QED) is 0.699. The fourth-order valence-corrected chi connectivity index (χ4v) is 1.91. The molecule has 0 aliphatic rings. The number of hydrogen-bond acceptors (Lipinski definition) is 5. The predicted molar refractivity (Wildman–Crippen MR) is 85.7 cm³/mol. The summed E-state index contributed by atoms with van der Waals surface area (Å²) in [6.45, 7) is 0.261. The lowest BCUT2D eigenvalue weighted by Crippen LogP contribution is -2.35. The Labute approximate surface area is 136 Å². The SMILES string of the molecule is COC(=O)CC(NC(=O)CC(CN)OC)c1ccccc1.Cl. The summed E-state index contributed by atoms with van der Waals surface area (Å²) in [7, 11) is 2.83. The van der Waals surface area contributed by atoms with Gasteiger partial charge in [0.25, 0.3) is 0 Å². The number of carbonyl (C=O) groups excluding carboxylic acids is 2. The van der Waals surface area contributed by atoms with Crippen molar-refractivity contribution in [2.45, 2.75) is 25.0 Å². The van der Waals surface area contributed by atoms with Crippen LogP contribution in [0, 0.1) is 0 Å². The van der Waals surface area contributed by atoms with Gasteiger partial charge in [0.15, 0.2) is 0 Å². The number of hydrogen-bond donors (Lipinski definition) is 2. The molecule has 0 fully saturated rings. The van der Waals surface area contributed by atoms with E-state index in [2.05, 4.69) is 10.1 Å². The van der Waals surface area contributed by atoms with Crippen LogP contribution in [-0.2, 0) is 19.1 Å². The van der Waals surface area contributed by atoms with Gasteiger partial charge in [-0.3, -0.25) is 9.59 Å². The molecule has 0 aromatic heterocycles. The van der Waals surface area contributed by atoms with Gasteiger partial charge < -0.3 is 20.5 Å². The Kier molecular flexibility index (Phi) is 10.2. The van der Waals surface area contributed by atoms with E-state index in [4.69, 9.17) is 10.5 Å². The summed E-state index contributed by atoms with van der Waals surface area (Å²) in [5, 5.41) is 2.82. The molecule has 6 nitrogen and oxygen atoms in total. The summed E-state index contributed by atoms with van der Waals surface area (Å²) in [4.78, 5) is 23.5. The van der Waals surface area contributed by atoms with Crippen LogP contribution in [0.3, 0.4) is 0 Å². The monoisotopic (exact) mass is 330 g/mol. The largest absolute Gasteiger partial charge is 0.469 e. The molecule has 2 atom stereocenters. The first-order chi connectivity index (χ1) is 10.1. The molecule has 0 bridgehead atoms. The number of halogens is 1. The molecule has 0 aliphatic heterocycles. The van der Waals surface area contributed by atoms with E-state index in [1.54, 1.807) is 0 Å². The summed E-state index contributed by atoms with van der Waals surface area (Å²) in [6, 6.07) is 8.85. The van der Waals surface area contributed by atoms with Crippen LogP contribution >= 0.6 is 12.4 Å². The molecule has 1 aromatic carbocycles. The Bertz CT molecular complexity index is 452. The topological polar surface area (TPSA) is 90.7 Å². The lowest BCUT2D eigenvalue weighted by atomic mass is 10.0. The smallest absolute Gasteiger partial charge is 0.307 e. The van der Waals surface area contributed by atoms with Gasteiger partial charge in [-0.15, -0.1) is 12.4 Å². The minimum absolute atomic E-state index is 0. The van der Waals surface area contributed by atoms with E-state index >= 15 is 0 Å². The number of methoxy groups -OCH3 is 2. The van der Waals surface area contributed by atoms with Crippen LogP contribution in [0.15, 0.2) is 30.3 Å². The van der Waals surface area contributed by atoms with Crippen LogP contribution in [0.25, 0.3) is 0 Å². The molecular formula is C15H23ClN2O4. The van der Waals surface area contributed by atoms with Gasteiger partial charge in [0.05, 0.1) is 32.1 Å². The summed E-state index contributed by atoms with van der Waals surface area (Å²) < 4.78 is 9.75. The molecule has 1 amide bonds. The molecule has 3 N–H and O–H groups in total. The molecule has 124 valence electrons. The van der Waals surface area contributed by atoms with E-state index in [1.165, 1.54) is 14.2 Å². The van der Waals surface area contributed by atoms with E-state index in [1.807, 2.05) is 30.3 Å². The molecule has 7 heteroatoms. The highest BCUT2D eigenvalue weighted by atomic mass is 35.5. The van der Waals surface area contributed by atoms with E-state index < -0.39 is 6.04 Å². The molecule has 0 spiro atoms. The van der Waals surface area contributed by atoms with Gasteiger partial charge in [-0.2, -0.15) is 0 Å². The zero-order chi connectivity index (χ0) is 15.7. The van der Waals surface area contributed by atoms with Gasteiger partial charge in [-0.25, -0.2) is 0 Å². The molecule has 2 unspecified atom stereocenters. The number of amides is 1. The zero-order valence-electron chi connectivity index (χ0n) is 12.8. The minimum atomic E-state index is -0.429. The minimum Gasteiger partial charge on any atom is -0.469 e. The van der Waals surface area contributed by atoms with E-state index in [-0.39, 0.29) is 49.8 Å². The fraction of sp³-hybridized carbons (Fsp3) is 0.467. The molecular weight excluding hydrogens is 308 g/mol. The van der Waals surface area contributed by atoms with Crippen molar-refractivity contribution < 1.29 is 19.1 Å². The third kappa shape index (κ3) is 6.89. The zero-order valence-corrected chi connectivity index (χ0v) is 13.6. The summed E-state index contributed by atoms with van der Waals surface area (Å²) in [5.74, 6) is -0.601. The van der Waals surface area contributed by atoms with Gasteiger partial charge in [0, 0.05) is 13.7 Å². The van der Waals surface area contributed by atoms with Crippen molar-refractivity contribution in [3.05, 3.63) is 35.9 Å². The molecule has 0 saturated heterocycles. The van der Waals surface area contributed by atoms with Crippen LogP contribution in [0.2, 0.25) is 0 Å². The average Bonchev–Trinajstić information content (AvgIpc) is 2.52. The van der Waals surface area contributed by atoms with Crippen LogP contribution in [0.1, 0.15) is 24.4 Å². The van der Waals surface area contributed by atoms with Gasteiger partial charge in [-0.1, -0.05) is 30.3 Å². The third-order valence-electron chi connectivity index (χ3n) is 3.14. The summed E-state index contributed by atoms with van der Waals surface area (Å²) >= 11 is 0. The van der Waals surface area contributed by atoms with Gasteiger partial charge in [0.2, 0.25) is 5.91 Å². The van der Waals surface area contributed by atoms with E-state index in [0.29, 0.717) is 0 Å². The molecule has 1 aromatic rings. The maximum Gasteiger partial charge on any atom is 0.307 e. The maximum atomic E-state index is 12.0. The standard InChI is InChI=1S/C15H22N2O4.ClH/c1-20-12(10-16)8-14(18)17-13(9-15(19)21-2)11-6-4-3-5-7-11;/h3-7,12-13H,8-10,16H2,1-2H3,(H,17,18);1H. The van der Waals surface area contributed by atoms with Crippen LogP contribution < -0.4 is 11.1 Å². The Balaban J connectivity index is 0.00000441. The maximum absolute atomic E-state index is 12.0. The first-order valence-corrected chi connectivity index (χ1v) is 6.74. The Morgan fingerprint density at radius 2 is 1.82 bits per heavy atom. The van der Waals surface area contributed by atoms with Gasteiger partial charge in [-0.05, 0) is 5.56 Å². The highest BCUT2D eigenvalue weighted by Crippen LogP contribution is 2.17. The Morgan fingerprint density at radius 1 is 1.18 bits per heavy atom. The lowest BCUT2D eigenvalue weighted by molar-refractivity contribution is -0.141. The molecule has 0 aliphatic carbocycles. The second kappa shape index (κ2) is 11.0. The van der Waals surface area contributed by atoms with Crippen molar-refractivity contribution in [1.82, 2.24) is 5.32 Å². The van der Waals surface area contributed by atoms with Crippen molar-refractivity contribution >= 4 is 24.3 Å². The second-order valence-electron chi connectivity index (χ2n) is 4.61. The van der Waals surface area contributed by atoms with Crippen molar-refractivity contribution in [3.8, 4) is 0 Å². The number of benzene rings is 1. The normalized spacial score (nSPS) is 12.7. The Hall–Kier alpha value is -1.63. The first kappa shape index (κ1) is 20.4. The molecule has 0 radical (unpaired) electrons. The van der Waals surface area contributed by atoms with Crippen molar-refractivity contribution in [1.29, 1.82) is 0 Å². The summed E-state index contributed by atoms with van der Waals surface area (Å²) in [5.41, 5.74) is 6.34. The number of rotatable bonds is 8. The molecule has 0 saturated carbocycles. The molecule has 0 heterocycles. The number of carbonyl (C=O) groups is 2. The van der Waals surface area contributed by atoms with Crippen molar-refractivity contribution in [2.24, 2.45) is 5.73 Å². The van der Waals surface area contributed by atoms with E-state index in [9.17, 15) is 9.59 Å². The van der Waals surface area contributed by atoms with E-state index in [0.717, 1.165) is 5.56 Å². The predicted octanol–water partition coefficient (Wildman–Crippen LogP) is 1.19. The number of nitrogens with one attached hydrogen (secondary N) is 1.